The van der Waals surface area contributed by atoms with Gasteiger partial charge >= 0.3 is 5.97 Å². The van der Waals surface area contributed by atoms with Crippen LogP contribution in [0.5, 0.6) is 0 Å². The summed E-state index contributed by atoms with van der Waals surface area (Å²) >= 11 is 6.48. The molecule has 0 spiro atoms. The van der Waals surface area contributed by atoms with E-state index in [9.17, 15) is 4.79 Å². The first kappa shape index (κ1) is 15.3. The smallest absolute Gasteiger partial charge is 0.316 e. The Balaban J connectivity index is 1.69. The van der Waals surface area contributed by atoms with Crippen LogP contribution in [-0.2, 0) is 15.3 Å². The summed E-state index contributed by atoms with van der Waals surface area (Å²) in [6.07, 6.45) is 4.57. The van der Waals surface area contributed by atoms with E-state index in [-0.39, 0.29) is 12.1 Å². The van der Waals surface area contributed by atoms with E-state index in [2.05, 4.69) is 0 Å². The summed E-state index contributed by atoms with van der Waals surface area (Å²) in [6.45, 7) is 0. The predicted octanol–water partition coefficient (Wildman–Crippen LogP) is 3.04. The molecule has 2 N–H and O–H groups in total. The summed E-state index contributed by atoms with van der Waals surface area (Å²) in [7, 11) is 0. The van der Waals surface area contributed by atoms with Crippen LogP contribution < -0.4 is 5.73 Å². The lowest BCUT2D eigenvalue weighted by atomic mass is 10.1. The molecule has 0 heterocycles. The zero-order chi connectivity index (χ0) is 14.4. The van der Waals surface area contributed by atoms with Gasteiger partial charge in [-0.25, -0.2) is 0 Å². The number of rotatable bonds is 6. The molecule has 1 saturated carbocycles. The monoisotopic (exact) mass is 309 g/mol. The summed E-state index contributed by atoms with van der Waals surface area (Å²) in [4.78, 5) is 12.1. The second-order valence-corrected chi connectivity index (χ2v) is 6.38. The number of esters is 1. The third-order valence-corrected chi connectivity index (χ3v) is 4.54. The fourth-order valence-corrected chi connectivity index (χ4v) is 3.14. The lowest BCUT2D eigenvalue weighted by Crippen LogP contribution is -2.16. The molecule has 0 radical (unpaired) electrons. The summed E-state index contributed by atoms with van der Waals surface area (Å²) in [6, 6.07) is 7.80. The first-order valence-corrected chi connectivity index (χ1v) is 8.37. The maximum absolute atomic E-state index is 11.7. The van der Waals surface area contributed by atoms with Crippen molar-refractivity contribution in [3.05, 3.63) is 35.4 Å². The first-order chi connectivity index (χ1) is 9.65. The minimum atomic E-state index is -0.0957. The molecule has 0 atom stereocenters. The van der Waals surface area contributed by atoms with Crippen molar-refractivity contribution in [1.29, 1.82) is 0 Å². The summed E-state index contributed by atoms with van der Waals surface area (Å²) in [5.41, 5.74) is 7.57. The molecule has 1 aromatic carbocycles. The highest BCUT2D eigenvalue weighted by molar-refractivity contribution is 7.99. The van der Waals surface area contributed by atoms with Gasteiger partial charge in [-0.15, -0.1) is 11.8 Å². The largest absolute Gasteiger partial charge is 0.462 e. The van der Waals surface area contributed by atoms with Crippen LogP contribution in [0, 0.1) is 0 Å². The Morgan fingerprint density at radius 1 is 1.30 bits per heavy atom. The minimum Gasteiger partial charge on any atom is -0.462 e. The van der Waals surface area contributed by atoms with Crippen LogP contribution >= 0.6 is 24.0 Å². The van der Waals surface area contributed by atoms with Crippen molar-refractivity contribution in [2.45, 2.75) is 37.5 Å². The zero-order valence-corrected chi connectivity index (χ0v) is 13.0. The van der Waals surface area contributed by atoms with Crippen molar-refractivity contribution in [2.75, 3.05) is 5.75 Å². The second-order valence-electron chi connectivity index (χ2n) is 4.95. The normalized spacial score (nSPS) is 15.2. The Labute approximate surface area is 129 Å². The first-order valence-electron chi connectivity index (χ1n) is 6.81. The van der Waals surface area contributed by atoms with Crippen molar-refractivity contribution < 1.29 is 9.53 Å². The van der Waals surface area contributed by atoms with Gasteiger partial charge in [0.25, 0.3) is 0 Å². The molecule has 0 aromatic heterocycles. The van der Waals surface area contributed by atoms with E-state index in [0.29, 0.717) is 10.7 Å². The quantitative estimate of drug-likeness (QED) is 0.646. The third-order valence-electron chi connectivity index (χ3n) is 3.33. The van der Waals surface area contributed by atoms with Gasteiger partial charge in [0.15, 0.2) is 0 Å². The molecule has 0 unspecified atom stereocenters. The Morgan fingerprint density at radius 2 is 1.95 bits per heavy atom. The molecule has 1 aromatic rings. The number of nitrogens with two attached hydrogens (primary N) is 1. The number of benzene rings is 1. The summed E-state index contributed by atoms with van der Waals surface area (Å²) in [5, 5.41) is 0. The molecular weight excluding hydrogens is 290 g/mol. The van der Waals surface area contributed by atoms with Gasteiger partial charge < -0.3 is 10.5 Å². The van der Waals surface area contributed by atoms with E-state index in [1.54, 1.807) is 11.8 Å². The molecule has 1 fully saturated rings. The molecule has 0 saturated heterocycles. The standard InChI is InChI=1S/C15H19NO2S2/c16-15(19)12-7-5-11(6-8-12)9-20-10-14(17)18-13-3-1-2-4-13/h5-8,13H,1-4,9-10H2,(H2,16,19). The molecular formula is C15H19NO2S2. The fourth-order valence-electron chi connectivity index (χ4n) is 2.24. The van der Waals surface area contributed by atoms with E-state index in [0.717, 1.165) is 29.7 Å². The second kappa shape index (κ2) is 7.64. The van der Waals surface area contributed by atoms with Crippen molar-refractivity contribution >= 4 is 34.9 Å². The van der Waals surface area contributed by atoms with Crippen LogP contribution in [0.2, 0.25) is 0 Å². The van der Waals surface area contributed by atoms with Crippen LogP contribution in [-0.4, -0.2) is 22.8 Å². The molecule has 20 heavy (non-hydrogen) atoms. The zero-order valence-electron chi connectivity index (χ0n) is 11.3. The van der Waals surface area contributed by atoms with E-state index in [1.807, 2.05) is 24.3 Å². The number of hydrogen-bond donors (Lipinski definition) is 1. The Hall–Kier alpha value is -1.07. The van der Waals surface area contributed by atoms with Gasteiger partial charge in [0, 0.05) is 11.3 Å². The molecule has 2 rings (SSSR count). The van der Waals surface area contributed by atoms with Crippen LogP contribution in [0.1, 0.15) is 36.8 Å². The lowest BCUT2D eigenvalue weighted by Gasteiger charge is -2.10. The van der Waals surface area contributed by atoms with Crippen molar-refractivity contribution in [2.24, 2.45) is 5.73 Å². The number of hydrogen-bond acceptors (Lipinski definition) is 4. The Bertz CT molecular complexity index is 467. The van der Waals surface area contributed by atoms with Gasteiger partial charge in [-0.1, -0.05) is 36.5 Å². The lowest BCUT2D eigenvalue weighted by molar-refractivity contribution is -0.145. The van der Waals surface area contributed by atoms with E-state index >= 15 is 0 Å². The number of carbonyl (C=O) groups is 1. The predicted molar refractivity (Wildman–Crippen MR) is 86.8 cm³/mol. The molecule has 3 nitrogen and oxygen atoms in total. The van der Waals surface area contributed by atoms with Gasteiger partial charge in [-0.3, -0.25) is 4.79 Å². The maximum atomic E-state index is 11.7. The van der Waals surface area contributed by atoms with Gasteiger partial charge in [0.2, 0.25) is 0 Å². The minimum absolute atomic E-state index is 0.0957. The van der Waals surface area contributed by atoms with Crippen LogP contribution in [0.3, 0.4) is 0 Å². The molecule has 5 heteroatoms. The molecule has 1 aliphatic rings. The molecule has 0 bridgehead atoms. The van der Waals surface area contributed by atoms with E-state index < -0.39 is 0 Å². The fraction of sp³-hybridized carbons (Fsp3) is 0.467. The maximum Gasteiger partial charge on any atom is 0.316 e. The number of ether oxygens (including phenoxy) is 1. The molecule has 0 amide bonds. The number of thiocarbonyl (C=S) groups is 1. The van der Waals surface area contributed by atoms with Crippen molar-refractivity contribution in [3.8, 4) is 0 Å². The van der Waals surface area contributed by atoms with E-state index in [4.69, 9.17) is 22.7 Å². The van der Waals surface area contributed by atoms with Gasteiger partial charge in [0.05, 0.1) is 5.75 Å². The average molecular weight is 309 g/mol. The molecule has 0 aliphatic heterocycles. The number of thioether (sulfide) groups is 1. The Kier molecular flexibility index (Phi) is 5.86. The topological polar surface area (TPSA) is 52.3 Å². The molecule has 1 aliphatic carbocycles. The van der Waals surface area contributed by atoms with Gasteiger partial charge in [0.1, 0.15) is 11.1 Å². The Morgan fingerprint density at radius 3 is 2.55 bits per heavy atom. The number of carbonyl (C=O) groups excluding carboxylic acids is 1. The van der Waals surface area contributed by atoms with Crippen molar-refractivity contribution in [1.82, 2.24) is 0 Å². The van der Waals surface area contributed by atoms with Crippen LogP contribution in [0.25, 0.3) is 0 Å². The molecule has 108 valence electrons. The van der Waals surface area contributed by atoms with Crippen molar-refractivity contribution in [3.63, 3.8) is 0 Å². The summed E-state index contributed by atoms with van der Waals surface area (Å²) < 4.78 is 5.41. The van der Waals surface area contributed by atoms with Crippen LogP contribution in [0.15, 0.2) is 24.3 Å². The highest BCUT2D eigenvalue weighted by Gasteiger charge is 2.18. The summed E-state index contributed by atoms with van der Waals surface area (Å²) in [5.74, 6) is 1.10. The van der Waals surface area contributed by atoms with Gasteiger partial charge in [-0.2, -0.15) is 0 Å². The van der Waals surface area contributed by atoms with Crippen LogP contribution in [0.4, 0.5) is 0 Å². The third kappa shape index (κ3) is 4.80. The van der Waals surface area contributed by atoms with E-state index in [1.165, 1.54) is 12.8 Å². The SMILES string of the molecule is NC(=S)c1ccc(CSCC(=O)OC2CCCC2)cc1. The van der Waals surface area contributed by atoms with Gasteiger partial charge in [-0.05, 0) is 31.2 Å². The highest BCUT2D eigenvalue weighted by Crippen LogP contribution is 2.22. The highest BCUT2D eigenvalue weighted by atomic mass is 32.2. The average Bonchev–Trinajstić information content (AvgIpc) is 2.92.